The maximum atomic E-state index is 12.6. The average molecular weight is 409 g/mol. The average Bonchev–Trinajstić information content (AvgIpc) is 3.30. The molecule has 10 heteroatoms. The standard InChI is InChI=1S/C20H23N7O3/c1-14-15(2)21-13-26(20(14)29)12-19(28)25-10-6-16(7-11-25)30-18-5-4-17(23-24-18)27-9-3-8-22-27/h3-5,8-9,13,16H,6-7,10-12H2,1-2H3. The summed E-state index contributed by atoms with van der Waals surface area (Å²) in [6.07, 6.45) is 6.24. The normalized spacial score (nSPS) is 14.7. The largest absolute Gasteiger partial charge is 0.473 e. The molecule has 0 saturated carbocycles. The maximum Gasteiger partial charge on any atom is 0.256 e. The van der Waals surface area contributed by atoms with E-state index in [0.29, 0.717) is 48.9 Å². The van der Waals surface area contributed by atoms with Crippen LogP contribution in [0.2, 0.25) is 0 Å². The smallest absolute Gasteiger partial charge is 0.256 e. The Morgan fingerprint density at radius 2 is 2.00 bits per heavy atom. The minimum atomic E-state index is -0.175. The van der Waals surface area contributed by atoms with Gasteiger partial charge in [0.25, 0.3) is 5.56 Å². The second-order valence-electron chi connectivity index (χ2n) is 7.27. The maximum absolute atomic E-state index is 12.6. The first kappa shape index (κ1) is 19.7. The molecule has 4 rings (SSSR count). The predicted octanol–water partition coefficient (Wildman–Crippen LogP) is 0.906. The molecule has 1 amide bonds. The molecular weight excluding hydrogens is 386 g/mol. The molecule has 0 spiro atoms. The van der Waals surface area contributed by atoms with Gasteiger partial charge in [0.1, 0.15) is 12.6 Å². The van der Waals surface area contributed by atoms with Crippen molar-refractivity contribution in [3.63, 3.8) is 0 Å². The monoisotopic (exact) mass is 409 g/mol. The number of hydrogen-bond donors (Lipinski definition) is 0. The van der Waals surface area contributed by atoms with Crippen LogP contribution in [-0.2, 0) is 11.3 Å². The third-order valence-electron chi connectivity index (χ3n) is 5.27. The van der Waals surface area contributed by atoms with Gasteiger partial charge in [-0.25, -0.2) is 9.67 Å². The van der Waals surface area contributed by atoms with Crippen molar-refractivity contribution in [1.82, 2.24) is 34.4 Å². The van der Waals surface area contributed by atoms with Crippen molar-refractivity contribution in [2.24, 2.45) is 0 Å². The molecule has 156 valence electrons. The molecule has 0 N–H and O–H groups in total. The van der Waals surface area contributed by atoms with Gasteiger partial charge < -0.3 is 9.64 Å². The van der Waals surface area contributed by atoms with Crippen LogP contribution in [-0.4, -0.2) is 59.5 Å². The van der Waals surface area contributed by atoms with Crippen LogP contribution in [0.5, 0.6) is 5.88 Å². The summed E-state index contributed by atoms with van der Waals surface area (Å²) < 4.78 is 8.90. The molecule has 0 bridgehead atoms. The van der Waals surface area contributed by atoms with E-state index < -0.39 is 0 Å². The molecule has 1 saturated heterocycles. The molecule has 1 fully saturated rings. The summed E-state index contributed by atoms with van der Waals surface area (Å²) in [6.45, 7) is 4.63. The predicted molar refractivity (Wildman–Crippen MR) is 107 cm³/mol. The van der Waals surface area contributed by atoms with Crippen LogP contribution >= 0.6 is 0 Å². The molecule has 0 radical (unpaired) electrons. The van der Waals surface area contributed by atoms with Crippen molar-refractivity contribution >= 4 is 5.91 Å². The fraction of sp³-hybridized carbons (Fsp3) is 0.400. The lowest BCUT2D eigenvalue weighted by Gasteiger charge is -2.32. The third-order valence-corrected chi connectivity index (χ3v) is 5.27. The fourth-order valence-corrected chi connectivity index (χ4v) is 3.33. The summed E-state index contributed by atoms with van der Waals surface area (Å²) in [5, 5.41) is 12.3. The first-order valence-corrected chi connectivity index (χ1v) is 9.82. The number of aromatic nitrogens is 6. The number of carbonyl (C=O) groups excluding carboxylic acids is 1. The molecular formula is C20H23N7O3. The van der Waals surface area contributed by atoms with E-state index >= 15 is 0 Å². The number of aryl methyl sites for hydroxylation is 1. The zero-order chi connectivity index (χ0) is 21.1. The van der Waals surface area contributed by atoms with Gasteiger partial charge in [0.05, 0.1) is 6.33 Å². The molecule has 0 atom stereocenters. The second kappa shape index (κ2) is 8.44. The zero-order valence-electron chi connectivity index (χ0n) is 16.9. The lowest BCUT2D eigenvalue weighted by Crippen LogP contribution is -2.44. The van der Waals surface area contributed by atoms with Gasteiger partial charge in [-0.3, -0.25) is 14.2 Å². The third kappa shape index (κ3) is 4.22. The van der Waals surface area contributed by atoms with E-state index in [-0.39, 0.29) is 24.1 Å². The summed E-state index contributed by atoms with van der Waals surface area (Å²) in [5.74, 6) is 0.969. The van der Waals surface area contributed by atoms with Crippen LogP contribution < -0.4 is 10.3 Å². The Balaban J connectivity index is 1.30. The number of rotatable bonds is 5. The van der Waals surface area contributed by atoms with Crippen molar-refractivity contribution in [3.05, 3.63) is 58.5 Å². The number of amides is 1. The van der Waals surface area contributed by atoms with Crippen molar-refractivity contribution in [2.45, 2.75) is 39.3 Å². The van der Waals surface area contributed by atoms with Crippen molar-refractivity contribution in [2.75, 3.05) is 13.1 Å². The summed E-state index contributed by atoms with van der Waals surface area (Å²) in [7, 11) is 0. The Bertz CT molecular complexity index is 1070. The molecule has 0 unspecified atom stereocenters. The molecule has 30 heavy (non-hydrogen) atoms. The first-order valence-electron chi connectivity index (χ1n) is 9.82. The summed E-state index contributed by atoms with van der Waals surface area (Å²) >= 11 is 0. The van der Waals surface area contributed by atoms with Gasteiger partial charge in [0.2, 0.25) is 11.8 Å². The molecule has 1 aliphatic heterocycles. The van der Waals surface area contributed by atoms with Crippen LogP contribution in [0, 0.1) is 13.8 Å². The molecule has 3 aromatic rings. The van der Waals surface area contributed by atoms with Crippen molar-refractivity contribution in [1.29, 1.82) is 0 Å². The van der Waals surface area contributed by atoms with Crippen molar-refractivity contribution < 1.29 is 9.53 Å². The lowest BCUT2D eigenvalue weighted by molar-refractivity contribution is -0.133. The van der Waals surface area contributed by atoms with E-state index in [4.69, 9.17) is 4.74 Å². The van der Waals surface area contributed by atoms with Crippen LogP contribution in [0.3, 0.4) is 0 Å². The van der Waals surface area contributed by atoms with Gasteiger partial charge in [0, 0.05) is 55.6 Å². The van der Waals surface area contributed by atoms with Crippen LogP contribution in [0.1, 0.15) is 24.1 Å². The van der Waals surface area contributed by atoms with Crippen molar-refractivity contribution in [3.8, 4) is 11.7 Å². The van der Waals surface area contributed by atoms with Gasteiger partial charge in [-0.15, -0.1) is 10.2 Å². The lowest BCUT2D eigenvalue weighted by atomic mass is 10.1. The van der Waals surface area contributed by atoms with Gasteiger partial charge in [-0.05, 0) is 26.0 Å². The molecule has 0 aliphatic carbocycles. The second-order valence-corrected chi connectivity index (χ2v) is 7.27. The summed E-state index contributed by atoms with van der Waals surface area (Å²) in [6, 6.07) is 5.37. The molecule has 10 nitrogen and oxygen atoms in total. The van der Waals surface area contributed by atoms with Gasteiger partial charge in [-0.2, -0.15) is 5.10 Å². The topological polar surface area (TPSA) is 108 Å². The fourth-order valence-electron chi connectivity index (χ4n) is 3.33. The number of piperidine rings is 1. The minimum Gasteiger partial charge on any atom is -0.473 e. The Morgan fingerprint density at radius 3 is 2.67 bits per heavy atom. The van der Waals surface area contributed by atoms with E-state index in [1.54, 1.807) is 48.0 Å². The number of likely N-dealkylation sites (tertiary alicyclic amines) is 1. The van der Waals surface area contributed by atoms with E-state index in [9.17, 15) is 9.59 Å². The van der Waals surface area contributed by atoms with Gasteiger partial charge in [0.15, 0.2) is 5.82 Å². The highest BCUT2D eigenvalue weighted by Crippen LogP contribution is 2.17. The molecule has 4 heterocycles. The highest BCUT2D eigenvalue weighted by Gasteiger charge is 2.25. The molecule has 0 aromatic carbocycles. The number of ether oxygens (including phenoxy) is 1. The Morgan fingerprint density at radius 1 is 1.20 bits per heavy atom. The van der Waals surface area contributed by atoms with Gasteiger partial charge in [-0.1, -0.05) is 0 Å². The molecule has 3 aromatic heterocycles. The number of hydrogen-bond acceptors (Lipinski definition) is 7. The van der Waals surface area contributed by atoms with E-state index in [1.807, 2.05) is 6.07 Å². The summed E-state index contributed by atoms with van der Waals surface area (Å²) in [4.78, 5) is 30.8. The highest BCUT2D eigenvalue weighted by molar-refractivity contribution is 5.76. The number of nitrogens with zero attached hydrogens (tertiary/aromatic N) is 7. The number of carbonyl (C=O) groups is 1. The van der Waals surface area contributed by atoms with E-state index in [0.717, 1.165) is 0 Å². The highest BCUT2D eigenvalue weighted by atomic mass is 16.5. The van der Waals surface area contributed by atoms with Crippen LogP contribution in [0.15, 0.2) is 41.7 Å². The quantitative estimate of drug-likeness (QED) is 0.616. The van der Waals surface area contributed by atoms with Gasteiger partial charge >= 0.3 is 0 Å². The first-order chi connectivity index (χ1) is 14.5. The van der Waals surface area contributed by atoms with E-state index in [2.05, 4.69) is 20.3 Å². The Labute approximate surface area is 173 Å². The molecule has 1 aliphatic rings. The Hall–Kier alpha value is -3.56. The van der Waals surface area contributed by atoms with E-state index in [1.165, 1.54) is 10.9 Å². The van der Waals surface area contributed by atoms with Crippen LogP contribution in [0.25, 0.3) is 5.82 Å². The van der Waals surface area contributed by atoms with Crippen LogP contribution in [0.4, 0.5) is 0 Å². The SMILES string of the molecule is Cc1ncn(CC(=O)N2CCC(Oc3ccc(-n4cccn4)nn3)CC2)c(=O)c1C. The summed E-state index contributed by atoms with van der Waals surface area (Å²) in [5.41, 5.74) is 1.07. The Kier molecular flexibility index (Phi) is 5.55. The minimum absolute atomic E-state index is 0.00115. The zero-order valence-corrected chi connectivity index (χ0v) is 16.9.